The maximum atomic E-state index is 8.26. The molecule has 0 saturated carbocycles. The van der Waals surface area contributed by atoms with E-state index < -0.39 is 0 Å². The Morgan fingerprint density at radius 3 is 2.47 bits per heavy atom. The van der Waals surface area contributed by atoms with Gasteiger partial charge in [0, 0.05) is 34.5 Å². The van der Waals surface area contributed by atoms with Gasteiger partial charge in [-0.15, -0.1) is 35.7 Å². The van der Waals surface area contributed by atoms with E-state index in [4.69, 9.17) is 11.2 Å². The molecular formula is C39H34N4OPt. The van der Waals surface area contributed by atoms with Gasteiger partial charge in [-0.25, -0.2) is 4.98 Å². The van der Waals surface area contributed by atoms with Gasteiger partial charge in [-0.1, -0.05) is 67.9 Å². The Morgan fingerprint density at radius 2 is 1.69 bits per heavy atom. The van der Waals surface area contributed by atoms with E-state index in [1.54, 1.807) is 0 Å². The molecule has 0 atom stereocenters. The van der Waals surface area contributed by atoms with Gasteiger partial charge in [0.1, 0.15) is 5.82 Å². The molecule has 3 heterocycles. The number of benzene rings is 4. The van der Waals surface area contributed by atoms with Crippen molar-refractivity contribution in [1.29, 1.82) is 0 Å². The minimum atomic E-state index is 0. The molecule has 45 heavy (non-hydrogen) atoms. The van der Waals surface area contributed by atoms with Gasteiger partial charge in [0.05, 0.1) is 7.06 Å². The summed E-state index contributed by atoms with van der Waals surface area (Å²) < 4.78 is 18.9. The fourth-order valence-corrected chi connectivity index (χ4v) is 6.11. The van der Waals surface area contributed by atoms with Crippen LogP contribution in [0, 0.1) is 38.8 Å². The molecule has 0 saturated heterocycles. The van der Waals surface area contributed by atoms with Crippen LogP contribution >= 0.6 is 0 Å². The number of ether oxygens (including phenoxy) is 1. The summed E-state index contributed by atoms with van der Waals surface area (Å²) >= 11 is 0. The van der Waals surface area contributed by atoms with Crippen molar-refractivity contribution in [3.05, 3.63) is 132 Å². The molecule has 0 spiro atoms. The fourth-order valence-electron chi connectivity index (χ4n) is 6.11. The van der Waals surface area contributed by atoms with Crippen LogP contribution in [0.5, 0.6) is 11.5 Å². The zero-order valence-corrected chi connectivity index (χ0v) is 28.2. The molecule has 5 nitrogen and oxygen atoms in total. The molecule has 0 aliphatic heterocycles. The monoisotopic (exact) mass is 770 g/mol. The summed E-state index contributed by atoms with van der Waals surface area (Å²) in [7, 11) is 0. The van der Waals surface area contributed by atoms with Gasteiger partial charge < -0.3 is 9.30 Å². The first-order valence-electron chi connectivity index (χ1n) is 15.5. The van der Waals surface area contributed by atoms with Crippen LogP contribution in [-0.4, -0.2) is 19.3 Å². The van der Waals surface area contributed by atoms with Crippen LogP contribution in [0.15, 0.2) is 97.2 Å². The molecule has 0 amide bonds. The molecule has 4 aromatic carbocycles. The maximum absolute atomic E-state index is 8.26. The van der Waals surface area contributed by atoms with E-state index in [1.165, 1.54) is 0 Å². The number of hydrogen-bond acceptors (Lipinski definition) is 3. The molecule has 3 aromatic heterocycles. The molecule has 226 valence electrons. The number of pyridine rings is 1. The second-order valence-corrected chi connectivity index (χ2v) is 11.8. The average molecular weight is 771 g/mol. The van der Waals surface area contributed by atoms with E-state index in [-0.39, 0.29) is 21.1 Å². The van der Waals surface area contributed by atoms with Crippen molar-refractivity contribution in [1.82, 2.24) is 19.3 Å². The van der Waals surface area contributed by atoms with Crippen molar-refractivity contribution < 1.29 is 27.2 Å². The smallest absolute Gasteiger partial charge is 0.509 e. The minimum absolute atomic E-state index is 0. The predicted molar refractivity (Wildman–Crippen MR) is 178 cm³/mol. The summed E-state index contributed by atoms with van der Waals surface area (Å²) in [6, 6.07) is 35.8. The van der Waals surface area contributed by atoms with Crippen molar-refractivity contribution in [3.63, 3.8) is 0 Å². The van der Waals surface area contributed by atoms with E-state index in [1.807, 2.05) is 53.3 Å². The first kappa shape index (κ1) is 29.3. The second-order valence-electron chi connectivity index (χ2n) is 11.8. The van der Waals surface area contributed by atoms with Crippen LogP contribution in [0.3, 0.4) is 0 Å². The van der Waals surface area contributed by atoms with Crippen molar-refractivity contribution in [2.45, 2.75) is 41.0 Å². The Hall–Kier alpha value is -4.47. The van der Waals surface area contributed by atoms with E-state index in [0.717, 1.165) is 73.4 Å². The van der Waals surface area contributed by atoms with Crippen LogP contribution in [0.1, 0.15) is 37.7 Å². The normalized spacial score (nSPS) is 11.6. The number of rotatable bonds is 7. The summed E-state index contributed by atoms with van der Waals surface area (Å²) in [6.07, 6.45) is 2.72. The molecule has 0 fully saturated rings. The number of para-hydroxylation sites is 1. The van der Waals surface area contributed by atoms with Crippen molar-refractivity contribution >= 4 is 21.8 Å². The minimum Gasteiger partial charge on any atom is -0.509 e. The second kappa shape index (κ2) is 12.5. The number of nitrogens with zero attached hydrogens (tertiary/aromatic N) is 4. The van der Waals surface area contributed by atoms with Crippen LogP contribution in [-0.2, 0) is 27.5 Å². The summed E-state index contributed by atoms with van der Waals surface area (Å²) in [5.74, 6) is 2.45. The quantitative estimate of drug-likeness (QED) is 0.152. The van der Waals surface area contributed by atoms with E-state index in [2.05, 4.69) is 98.8 Å². The zero-order chi connectivity index (χ0) is 31.2. The summed E-state index contributed by atoms with van der Waals surface area (Å²) in [4.78, 5) is 4.68. The third-order valence-corrected chi connectivity index (χ3v) is 7.96. The Morgan fingerprint density at radius 1 is 0.867 bits per heavy atom. The standard InChI is InChI=1S/C39H34N4O.Pt/c1-25(2)19-29-21-31(43-28(5)39(27(4)41-43)30-11-7-6-8-12-30)23-33(22-29)44-32-15-16-35-34-13-9-10-14-36(34)42(37(35)24-32)38-20-26(3)17-18-40-38;/h6-18,20-22,25H,19H2,1-5H3;/q-2;+2/i9D;. The molecule has 0 N–H and O–H groups in total. The molecule has 0 bridgehead atoms. The van der Waals surface area contributed by atoms with Crippen molar-refractivity contribution in [2.24, 2.45) is 5.92 Å². The van der Waals surface area contributed by atoms with E-state index >= 15 is 0 Å². The average Bonchev–Trinajstić information content (AvgIpc) is 3.49. The Kier molecular flexibility index (Phi) is 8.12. The number of fused-ring (bicyclic) bond motifs is 3. The Labute approximate surface area is 280 Å². The molecule has 7 aromatic rings. The van der Waals surface area contributed by atoms with Gasteiger partial charge >= 0.3 is 21.1 Å². The Balaban J connectivity index is 0.00000372. The number of hydrogen-bond donors (Lipinski definition) is 0. The van der Waals surface area contributed by atoms with Gasteiger partial charge in [0.2, 0.25) is 0 Å². The molecule has 0 aliphatic rings. The molecule has 0 unspecified atom stereocenters. The van der Waals surface area contributed by atoms with E-state index in [9.17, 15) is 0 Å². The third kappa shape index (κ3) is 5.85. The predicted octanol–water partition coefficient (Wildman–Crippen LogP) is 9.55. The van der Waals surface area contributed by atoms with Crippen LogP contribution < -0.4 is 4.74 Å². The maximum Gasteiger partial charge on any atom is 2.00 e. The summed E-state index contributed by atoms with van der Waals surface area (Å²) in [5, 5.41) is 6.92. The van der Waals surface area contributed by atoms with Crippen molar-refractivity contribution in [3.8, 4) is 34.1 Å². The molecule has 0 radical (unpaired) electrons. The van der Waals surface area contributed by atoms with Gasteiger partial charge in [-0.05, 0) is 73.5 Å². The molecular weight excluding hydrogens is 736 g/mol. The van der Waals surface area contributed by atoms with E-state index in [0.29, 0.717) is 23.5 Å². The number of aromatic nitrogens is 4. The van der Waals surface area contributed by atoms with Gasteiger partial charge in [-0.2, -0.15) is 16.7 Å². The SMILES string of the molecule is [2H]c1ccc2c(c1)c1ccc(Oc3[c-]c(-n4nc(C)c(-c5ccccc5)c4C)cc(CC(C)C)c3)[c-]c1n2-c1cc(C)ccn1.[Pt+2]. The van der Waals surface area contributed by atoms with Crippen LogP contribution in [0.2, 0.25) is 0 Å². The Bertz CT molecular complexity index is 2200. The molecule has 6 heteroatoms. The largest absolute Gasteiger partial charge is 2.00 e. The first-order chi connectivity index (χ1) is 21.7. The van der Waals surface area contributed by atoms with Crippen LogP contribution in [0.4, 0.5) is 0 Å². The summed E-state index contributed by atoms with van der Waals surface area (Å²) in [5.41, 5.74) is 9.23. The third-order valence-electron chi connectivity index (χ3n) is 7.96. The van der Waals surface area contributed by atoms with Crippen LogP contribution in [0.25, 0.3) is 44.4 Å². The first-order valence-corrected chi connectivity index (χ1v) is 15.0. The molecule has 0 aliphatic carbocycles. The van der Waals surface area contributed by atoms with Crippen molar-refractivity contribution in [2.75, 3.05) is 0 Å². The topological polar surface area (TPSA) is 44.9 Å². The van der Waals surface area contributed by atoms with Gasteiger partial charge in [-0.3, -0.25) is 4.68 Å². The zero-order valence-electron chi connectivity index (χ0n) is 27.0. The fraction of sp³-hybridized carbons (Fsp3) is 0.179. The van der Waals surface area contributed by atoms with Gasteiger partial charge in [0.25, 0.3) is 0 Å². The molecule has 7 rings (SSSR count). The van der Waals surface area contributed by atoms with Gasteiger partial charge in [0.15, 0.2) is 0 Å². The summed E-state index contributed by atoms with van der Waals surface area (Å²) in [6.45, 7) is 10.7. The number of aryl methyl sites for hydroxylation is 2.